The van der Waals surface area contributed by atoms with Crippen molar-refractivity contribution in [2.24, 2.45) is 7.05 Å². The minimum Gasteiger partial charge on any atom is -0.310 e. The van der Waals surface area contributed by atoms with Crippen LogP contribution in [0.15, 0.2) is 24.4 Å². The first-order valence-electron chi connectivity index (χ1n) is 7.87. The van der Waals surface area contributed by atoms with Gasteiger partial charge in [0.15, 0.2) is 0 Å². The molecule has 0 bridgehead atoms. The highest BCUT2D eigenvalue weighted by Crippen LogP contribution is 2.23. The summed E-state index contributed by atoms with van der Waals surface area (Å²) < 4.78 is 1.93. The molecule has 1 aromatic heterocycles. The van der Waals surface area contributed by atoms with Crippen molar-refractivity contribution in [3.8, 4) is 0 Å². The maximum Gasteiger partial charge on any atom is 0.0669 e. The zero-order valence-electron chi connectivity index (χ0n) is 13.9. The van der Waals surface area contributed by atoms with Gasteiger partial charge in [-0.2, -0.15) is 5.10 Å². The van der Waals surface area contributed by atoms with Gasteiger partial charge in [-0.15, -0.1) is 0 Å². The Balaban J connectivity index is 2.27. The maximum atomic E-state index is 4.58. The molecular formula is C18H27N3. The lowest BCUT2D eigenvalue weighted by atomic mass is 9.96. The van der Waals surface area contributed by atoms with Crippen LogP contribution in [0.1, 0.15) is 47.8 Å². The number of likely N-dealkylation sites (N-methyl/N-ethyl adjacent to an activating group) is 1. The van der Waals surface area contributed by atoms with Crippen molar-refractivity contribution >= 4 is 0 Å². The normalized spacial score (nSPS) is 12.6. The van der Waals surface area contributed by atoms with Gasteiger partial charge in [-0.25, -0.2) is 0 Å². The zero-order valence-corrected chi connectivity index (χ0v) is 13.9. The number of hydrogen-bond acceptors (Lipinski definition) is 2. The van der Waals surface area contributed by atoms with Gasteiger partial charge in [-0.3, -0.25) is 4.68 Å². The molecule has 0 aliphatic rings. The van der Waals surface area contributed by atoms with Gasteiger partial charge in [0, 0.05) is 24.8 Å². The molecule has 0 aliphatic heterocycles. The second-order valence-corrected chi connectivity index (χ2v) is 5.79. The summed E-state index contributed by atoms with van der Waals surface area (Å²) in [5, 5.41) is 8.20. The van der Waals surface area contributed by atoms with Gasteiger partial charge in [0.25, 0.3) is 0 Å². The summed E-state index contributed by atoms with van der Waals surface area (Å²) in [6, 6.07) is 7.11. The lowest BCUT2D eigenvalue weighted by molar-refractivity contribution is 0.545. The van der Waals surface area contributed by atoms with E-state index in [1.165, 1.54) is 27.9 Å². The van der Waals surface area contributed by atoms with Crippen LogP contribution in [-0.4, -0.2) is 16.3 Å². The van der Waals surface area contributed by atoms with E-state index in [9.17, 15) is 0 Å². The minimum absolute atomic E-state index is 0.334. The van der Waals surface area contributed by atoms with Crippen molar-refractivity contribution in [2.75, 3.05) is 6.54 Å². The molecule has 3 heteroatoms. The first-order valence-corrected chi connectivity index (χ1v) is 7.87. The molecule has 0 saturated heterocycles. The van der Waals surface area contributed by atoms with Crippen LogP contribution in [-0.2, 0) is 19.9 Å². The topological polar surface area (TPSA) is 29.9 Å². The SMILES string of the molecule is CCNC(Cc1ccc(C)c(C)c1)c1cn(C)nc1CC. The highest BCUT2D eigenvalue weighted by molar-refractivity contribution is 5.32. The van der Waals surface area contributed by atoms with Crippen molar-refractivity contribution in [3.63, 3.8) is 0 Å². The molecule has 1 N–H and O–H groups in total. The van der Waals surface area contributed by atoms with E-state index in [-0.39, 0.29) is 0 Å². The van der Waals surface area contributed by atoms with Crippen LogP contribution in [0.2, 0.25) is 0 Å². The fraction of sp³-hybridized carbons (Fsp3) is 0.500. The average Bonchev–Trinajstić information content (AvgIpc) is 2.83. The highest BCUT2D eigenvalue weighted by Gasteiger charge is 2.17. The van der Waals surface area contributed by atoms with E-state index in [0.29, 0.717) is 6.04 Å². The lowest BCUT2D eigenvalue weighted by Gasteiger charge is -2.18. The van der Waals surface area contributed by atoms with Crippen molar-refractivity contribution in [1.29, 1.82) is 0 Å². The molecule has 0 saturated carbocycles. The van der Waals surface area contributed by atoms with Crippen LogP contribution < -0.4 is 5.32 Å². The Bertz CT molecular complexity index is 599. The Kier molecular flexibility index (Phi) is 5.18. The summed E-state index contributed by atoms with van der Waals surface area (Å²) in [6.07, 6.45) is 4.14. The van der Waals surface area contributed by atoms with Gasteiger partial charge in [-0.05, 0) is 49.9 Å². The van der Waals surface area contributed by atoms with E-state index < -0.39 is 0 Å². The number of nitrogens with one attached hydrogen (secondary N) is 1. The third-order valence-corrected chi connectivity index (χ3v) is 4.11. The first-order chi connectivity index (χ1) is 10.0. The molecule has 2 aromatic rings. The predicted octanol–water partition coefficient (Wildman–Crippen LogP) is 3.49. The van der Waals surface area contributed by atoms with Gasteiger partial charge in [0.1, 0.15) is 0 Å². The monoisotopic (exact) mass is 285 g/mol. The largest absolute Gasteiger partial charge is 0.310 e. The fourth-order valence-corrected chi connectivity index (χ4v) is 2.82. The van der Waals surface area contributed by atoms with Crippen molar-refractivity contribution < 1.29 is 0 Å². The lowest BCUT2D eigenvalue weighted by Crippen LogP contribution is -2.23. The van der Waals surface area contributed by atoms with Gasteiger partial charge < -0.3 is 5.32 Å². The maximum absolute atomic E-state index is 4.58. The van der Waals surface area contributed by atoms with Crippen LogP contribution in [0.4, 0.5) is 0 Å². The molecule has 0 spiro atoms. The molecule has 1 aromatic carbocycles. The van der Waals surface area contributed by atoms with Crippen LogP contribution in [0, 0.1) is 13.8 Å². The molecule has 21 heavy (non-hydrogen) atoms. The quantitative estimate of drug-likeness (QED) is 0.880. The summed E-state index contributed by atoms with van der Waals surface area (Å²) in [6.45, 7) is 9.65. The van der Waals surface area contributed by atoms with Crippen LogP contribution in [0.5, 0.6) is 0 Å². The summed E-state index contributed by atoms with van der Waals surface area (Å²) >= 11 is 0. The van der Waals surface area contributed by atoms with Crippen LogP contribution >= 0.6 is 0 Å². The number of aryl methyl sites for hydroxylation is 4. The Hall–Kier alpha value is -1.61. The van der Waals surface area contributed by atoms with Gasteiger partial charge >= 0.3 is 0 Å². The number of nitrogens with zero attached hydrogens (tertiary/aromatic N) is 2. The highest BCUT2D eigenvalue weighted by atomic mass is 15.3. The third kappa shape index (κ3) is 3.73. The van der Waals surface area contributed by atoms with Gasteiger partial charge in [-0.1, -0.05) is 32.0 Å². The molecule has 0 amide bonds. The van der Waals surface area contributed by atoms with Crippen LogP contribution in [0.3, 0.4) is 0 Å². The molecule has 1 unspecified atom stereocenters. The van der Waals surface area contributed by atoms with Gasteiger partial charge in [0.2, 0.25) is 0 Å². The Labute approximate surface area is 128 Å². The van der Waals surface area contributed by atoms with E-state index in [4.69, 9.17) is 0 Å². The molecule has 1 heterocycles. The molecule has 0 aliphatic carbocycles. The third-order valence-electron chi connectivity index (χ3n) is 4.11. The Morgan fingerprint density at radius 2 is 1.95 bits per heavy atom. The summed E-state index contributed by atoms with van der Waals surface area (Å²) in [4.78, 5) is 0. The standard InChI is InChI=1S/C18H27N3/c1-6-17-16(12-21(5)20-17)18(19-7-2)11-15-9-8-13(3)14(4)10-15/h8-10,12,18-19H,6-7,11H2,1-5H3. The van der Waals surface area contributed by atoms with E-state index in [0.717, 1.165) is 19.4 Å². The Morgan fingerprint density at radius 1 is 1.19 bits per heavy atom. The molecule has 0 radical (unpaired) electrons. The fourth-order valence-electron chi connectivity index (χ4n) is 2.82. The summed E-state index contributed by atoms with van der Waals surface area (Å²) in [5.41, 5.74) is 6.64. The Morgan fingerprint density at radius 3 is 2.57 bits per heavy atom. The summed E-state index contributed by atoms with van der Waals surface area (Å²) in [5.74, 6) is 0. The van der Waals surface area contributed by atoms with E-state index in [1.54, 1.807) is 0 Å². The second-order valence-electron chi connectivity index (χ2n) is 5.79. The first kappa shape index (κ1) is 15.8. The zero-order chi connectivity index (χ0) is 15.4. The van der Waals surface area contributed by atoms with E-state index in [2.05, 4.69) is 62.5 Å². The molecule has 1 atom stereocenters. The number of benzene rings is 1. The summed E-state index contributed by atoms with van der Waals surface area (Å²) in [7, 11) is 2.00. The minimum atomic E-state index is 0.334. The van der Waals surface area contributed by atoms with Crippen molar-refractivity contribution in [3.05, 3.63) is 52.3 Å². The smallest absolute Gasteiger partial charge is 0.0669 e. The molecule has 114 valence electrons. The van der Waals surface area contributed by atoms with Crippen molar-refractivity contribution in [1.82, 2.24) is 15.1 Å². The molecular weight excluding hydrogens is 258 g/mol. The number of aromatic nitrogens is 2. The van der Waals surface area contributed by atoms with Crippen molar-refractivity contribution in [2.45, 2.75) is 46.6 Å². The van der Waals surface area contributed by atoms with E-state index in [1.807, 2.05) is 11.7 Å². The second kappa shape index (κ2) is 6.90. The molecule has 0 fully saturated rings. The average molecular weight is 285 g/mol. The number of rotatable bonds is 6. The van der Waals surface area contributed by atoms with Gasteiger partial charge in [0.05, 0.1) is 5.69 Å². The molecule has 2 rings (SSSR count). The molecule has 3 nitrogen and oxygen atoms in total. The predicted molar refractivity (Wildman–Crippen MR) is 88.6 cm³/mol. The van der Waals surface area contributed by atoms with Crippen LogP contribution in [0.25, 0.3) is 0 Å². The number of hydrogen-bond donors (Lipinski definition) is 1. The van der Waals surface area contributed by atoms with E-state index >= 15 is 0 Å².